The van der Waals surface area contributed by atoms with E-state index in [0.717, 1.165) is 16.5 Å². The van der Waals surface area contributed by atoms with E-state index in [1.165, 1.54) is 0 Å². The number of hydrogen-bond donors (Lipinski definition) is 3. The molecule has 0 saturated heterocycles. The molecule has 1 heterocycles. The van der Waals surface area contributed by atoms with Crippen LogP contribution >= 0.6 is 0 Å². The highest BCUT2D eigenvalue weighted by molar-refractivity contribution is 6.35. The quantitative estimate of drug-likeness (QED) is 0.606. The summed E-state index contributed by atoms with van der Waals surface area (Å²) in [4.78, 5) is 24.1. The van der Waals surface area contributed by atoms with Crippen LogP contribution in [0.1, 0.15) is 30.2 Å². The van der Waals surface area contributed by atoms with Gasteiger partial charge in [-0.25, -0.2) is 0 Å². The summed E-state index contributed by atoms with van der Waals surface area (Å²) < 4.78 is 1.99. The molecule has 3 rings (SSSR count). The van der Waals surface area contributed by atoms with E-state index in [9.17, 15) is 14.7 Å². The highest BCUT2D eigenvalue weighted by atomic mass is 16.3. The third-order valence-corrected chi connectivity index (χ3v) is 4.60. The molecule has 0 saturated carbocycles. The summed E-state index contributed by atoms with van der Waals surface area (Å²) in [5.74, 6) is -1.49. The molecule has 27 heavy (non-hydrogen) atoms. The summed E-state index contributed by atoms with van der Waals surface area (Å²) in [6.45, 7) is 1.77. The Balaban J connectivity index is 1.54. The van der Waals surface area contributed by atoms with Crippen molar-refractivity contribution >= 4 is 22.7 Å². The maximum atomic E-state index is 12.0. The van der Waals surface area contributed by atoms with E-state index in [1.807, 2.05) is 79.3 Å². The molecule has 0 fully saturated rings. The molecule has 6 heteroatoms. The molecule has 0 bridgehead atoms. The predicted molar refractivity (Wildman–Crippen MR) is 104 cm³/mol. The van der Waals surface area contributed by atoms with Gasteiger partial charge in [-0.2, -0.15) is 0 Å². The van der Waals surface area contributed by atoms with Gasteiger partial charge in [-0.1, -0.05) is 36.4 Å². The number of fused-ring (bicyclic) bond motifs is 1. The van der Waals surface area contributed by atoms with Crippen LogP contribution in [0.3, 0.4) is 0 Å². The number of aromatic nitrogens is 1. The van der Waals surface area contributed by atoms with Crippen LogP contribution in [0.2, 0.25) is 0 Å². The predicted octanol–water partition coefficient (Wildman–Crippen LogP) is 2.21. The molecule has 140 valence electrons. The molecule has 2 amide bonds. The fourth-order valence-electron chi connectivity index (χ4n) is 2.98. The van der Waals surface area contributed by atoms with Crippen molar-refractivity contribution in [2.45, 2.75) is 19.1 Å². The molecular weight excluding hydrogens is 342 g/mol. The number of benzene rings is 2. The Morgan fingerprint density at radius 3 is 2.52 bits per heavy atom. The van der Waals surface area contributed by atoms with E-state index in [0.29, 0.717) is 5.56 Å². The first-order valence-corrected chi connectivity index (χ1v) is 8.82. The number of aryl methyl sites for hydroxylation is 1. The largest absolute Gasteiger partial charge is 0.387 e. The Bertz CT molecular complexity index is 950. The lowest BCUT2D eigenvalue weighted by atomic mass is 10.1. The monoisotopic (exact) mass is 365 g/mol. The molecule has 3 N–H and O–H groups in total. The molecule has 0 aliphatic rings. The van der Waals surface area contributed by atoms with E-state index < -0.39 is 17.9 Å². The van der Waals surface area contributed by atoms with Crippen molar-refractivity contribution in [2.75, 3.05) is 6.54 Å². The van der Waals surface area contributed by atoms with Crippen molar-refractivity contribution in [3.8, 4) is 0 Å². The van der Waals surface area contributed by atoms with Gasteiger partial charge in [0.15, 0.2) is 0 Å². The summed E-state index contributed by atoms with van der Waals surface area (Å²) in [6.07, 6.45) is 1.05. The van der Waals surface area contributed by atoms with Crippen molar-refractivity contribution in [3.63, 3.8) is 0 Å². The van der Waals surface area contributed by atoms with Gasteiger partial charge in [-0.15, -0.1) is 0 Å². The maximum Gasteiger partial charge on any atom is 0.309 e. The van der Waals surface area contributed by atoms with Crippen LogP contribution in [0.5, 0.6) is 0 Å². The highest BCUT2D eigenvalue weighted by Gasteiger charge is 2.18. The van der Waals surface area contributed by atoms with Crippen LogP contribution < -0.4 is 10.6 Å². The third kappa shape index (κ3) is 4.35. The van der Waals surface area contributed by atoms with Gasteiger partial charge >= 0.3 is 11.8 Å². The molecular formula is C21H23N3O3. The number of nitrogens with zero attached hydrogens (tertiary/aromatic N) is 1. The number of carbonyl (C=O) groups excluding carboxylic acids is 2. The third-order valence-electron chi connectivity index (χ3n) is 4.60. The van der Waals surface area contributed by atoms with Crippen LogP contribution in [0, 0.1) is 0 Å². The van der Waals surface area contributed by atoms with Crippen LogP contribution in [-0.4, -0.2) is 28.0 Å². The first kappa shape index (κ1) is 18.7. The van der Waals surface area contributed by atoms with E-state index in [2.05, 4.69) is 10.6 Å². The Morgan fingerprint density at radius 1 is 1.04 bits per heavy atom. The molecule has 0 radical (unpaired) electrons. The standard InChI is InChI=1S/C21H23N3O3/c1-14(15-6-4-3-5-7-15)23-21(27)20(26)22-13-19(25)17-8-9-18-16(12-17)10-11-24(18)2/h3-12,14,19,25H,13H2,1-2H3,(H,22,26)(H,23,27)/t14-,19+/m0/s1. The minimum atomic E-state index is -0.891. The Kier molecular flexibility index (Phi) is 5.57. The average molecular weight is 365 g/mol. The number of rotatable bonds is 5. The summed E-state index contributed by atoms with van der Waals surface area (Å²) in [5, 5.41) is 16.5. The lowest BCUT2D eigenvalue weighted by molar-refractivity contribution is -0.139. The Hall–Kier alpha value is -3.12. The number of aliphatic hydroxyl groups excluding tert-OH is 1. The van der Waals surface area contributed by atoms with Crippen LogP contribution in [0.25, 0.3) is 10.9 Å². The first-order valence-electron chi connectivity index (χ1n) is 8.82. The fraction of sp³-hybridized carbons (Fsp3) is 0.238. The number of amides is 2. The first-order chi connectivity index (χ1) is 13.0. The summed E-state index contributed by atoms with van der Waals surface area (Å²) in [6, 6.07) is 16.7. The molecule has 2 atom stereocenters. The molecule has 3 aromatic rings. The van der Waals surface area contributed by atoms with Gasteiger partial charge in [0.25, 0.3) is 0 Å². The van der Waals surface area contributed by atoms with Gasteiger partial charge in [0, 0.05) is 25.3 Å². The summed E-state index contributed by atoms with van der Waals surface area (Å²) in [5.41, 5.74) is 2.66. The van der Waals surface area contributed by atoms with E-state index in [-0.39, 0.29) is 12.6 Å². The second kappa shape index (κ2) is 8.05. The van der Waals surface area contributed by atoms with Crippen molar-refractivity contribution < 1.29 is 14.7 Å². The zero-order valence-electron chi connectivity index (χ0n) is 15.3. The minimum Gasteiger partial charge on any atom is -0.387 e. The molecule has 0 spiro atoms. The molecule has 1 aromatic heterocycles. The van der Waals surface area contributed by atoms with Gasteiger partial charge in [-0.3, -0.25) is 9.59 Å². The zero-order valence-corrected chi connectivity index (χ0v) is 15.3. The number of hydrogen-bond acceptors (Lipinski definition) is 3. The van der Waals surface area contributed by atoms with Gasteiger partial charge in [0.2, 0.25) is 0 Å². The highest BCUT2D eigenvalue weighted by Crippen LogP contribution is 2.20. The smallest absolute Gasteiger partial charge is 0.309 e. The van der Waals surface area contributed by atoms with Gasteiger partial charge in [0.05, 0.1) is 12.1 Å². The lowest BCUT2D eigenvalue weighted by Crippen LogP contribution is -2.42. The van der Waals surface area contributed by atoms with Crippen molar-refractivity contribution in [3.05, 3.63) is 71.9 Å². The molecule has 0 aliphatic heterocycles. The van der Waals surface area contributed by atoms with Gasteiger partial charge in [-0.05, 0) is 41.6 Å². The normalized spacial score (nSPS) is 13.1. The molecule has 6 nitrogen and oxygen atoms in total. The van der Waals surface area contributed by atoms with Crippen molar-refractivity contribution in [1.82, 2.24) is 15.2 Å². The average Bonchev–Trinajstić information content (AvgIpc) is 3.06. The van der Waals surface area contributed by atoms with E-state index >= 15 is 0 Å². The van der Waals surface area contributed by atoms with Crippen LogP contribution in [0.15, 0.2) is 60.8 Å². The Labute approximate surface area is 157 Å². The molecule has 0 unspecified atom stereocenters. The molecule has 2 aromatic carbocycles. The molecule has 0 aliphatic carbocycles. The summed E-state index contributed by atoms with van der Waals surface area (Å²) in [7, 11) is 1.95. The number of aliphatic hydroxyl groups is 1. The van der Waals surface area contributed by atoms with Crippen molar-refractivity contribution in [2.24, 2.45) is 7.05 Å². The summed E-state index contributed by atoms with van der Waals surface area (Å²) >= 11 is 0. The number of carbonyl (C=O) groups is 2. The van der Waals surface area contributed by atoms with E-state index in [4.69, 9.17) is 0 Å². The second-order valence-corrected chi connectivity index (χ2v) is 6.58. The van der Waals surface area contributed by atoms with E-state index in [1.54, 1.807) is 0 Å². The topological polar surface area (TPSA) is 83.4 Å². The Morgan fingerprint density at radius 2 is 1.78 bits per heavy atom. The maximum absolute atomic E-state index is 12.0. The second-order valence-electron chi connectivity index (χ2n) is 6.58. The number of nitrogens with one attached hydrogen (secondary N) is 2. The van der Waals surface area contributed by atoms with Gasteiger partial charge in [0.1, 0.15) is 0 Å². The van der Waals surface area contributed by atoms with Crippen LogP contribution in [0.4, 0.5) is 0 Å². The van der Waals surface area contributed by atoms with Crippen LogP contribution in [-0.2, 0) is 16.6 Å². The lowest BCUT2D eigenvalue weighted by Gasteiger charge is -2.15. The SMILES string of the molecule is C[C@H](NC(=O)C(=O)NC[C@@H](O)c1ccc2c(ccn2C)c1)c1ccccc1. The van der Waals surface area contributed by atoms with Crippen molar-refractivity contribution in [1.29, 1.82) is 0 Å². The fourth-order valence-corrected chi connectivity index (χ4v) is 2.98. The minimum absolute atomic E-state index is 0.0374. The van der Waals surface area contributed by atoms with Gasteiger partial charge < -0.3 is 20.3 Å². The zero-order chi connectivity index (χ0) is 19.4.